The normalized spacial score (nSPS) is 10.9. The van der Waals surface area contributed by atoms with Gasteiger partial charge in [-0.05, 0) is 0 Å². The van der Waals surface area contributed by atoms with E-state index in [1.807, 2.05) is 0 Å². The quantitative estimate of drug-likeness (QED) is 0.420. The molecular formula is C8H8BF2N. The van der Waals surface area contributed by atoms with Crippen molar-refractivity contribution in [2.75, 3.05) is 7.05 Å². The highest BCUT2D eigenvalue weighted by atomic mass is 19.2. The Morgan fingerprint density at radius 2 is 2.00 bits per heavy atom. The van der Waals surface area contributed by atoms with Gasteiger partial charge in [0.1, 0.15) is 7.85 Å². The van der Waals surface area contributed by atoms with E-state index >= 15 is 0 Å². The number of benzene rings is 1. The molecule has 0 heterocycles. The first-order valence-electron chi connectivity index (χ1n) is 3.53. The lowest BCUT2D eigenvalue weighted by atomic mass is 9.94. The lowest BCUT2D eigenvalue weighted by Crippen LogP contribution is -2.12. The molecule has 0 fully saturated rings. The molecule has 12 heavy (non-hydrogen) atoms. The molecule has 0 unspecified atom stereocenters. The third kappa shape index (κ3) is 1.52. The Bertz CT molecular complexity index is 323. The van der Waals surface area contributed by atoms with E-state index in [0.717, 1.165) is 0 Å². The minimum Gasteiger partial charge on any atom is -0.296 e. The minimum absolute atomic E-state index is 0.181. The van der Waals surface area contributed by atoms with E-state index in [4.69, 9.17) is 0 Å². The maximum atomic E-state index is 13.0. The molecule has 4 heteroatoms. The molecule has 0 saturated heterocycles. The number of nitrogens with zero attached hydrogens (tertiary/aromatic N) is 1. The van der Waals surface area contributed by atoms with Gasteiger partial charge in [0.05, 0.1) is 0 Å². The van der Waals surface area contributed by atoms with Crippen LogP contribution < -0.4 is 5.46 Å². The second-order valence-corrected chi connectivity index (χ2v) is 2.49. The van der Waals surface area contributed by atoms with Crippen LogP contribution in [0.15, 0.2) is 17.1 Å². The molecule has 0 amide bonds. The Hall–Kier alpha value is -1.19. The largest absolute Gasteiger partial charge is 0.296 e. The van der Waals surface area contributed by atoms with Crippen molar-refractivity contribution >= 4 is 19.5 Å². The van der Waals surface area contributed by atoms with Gasteiger partial charge in [0.2, 0.25) is 0 Å². The number of rotatable bonds is 1. The van der Waals surface area contributed by atoms with E-state index in [1.165, 1.54) is 33.2 Å². The van der Waals surface area contributed by atoms with E-state index < -0.39 is 11.6 Å². The van der Waals surface area contributed by atoms with Crippen molar-refractivity contribution in [1.29, 1.82) is 0 Å². The van der Waals surface area contributed by atoms with Gasteiger partial charge in [-0.1, -0.05) is 17.6 Å². The van der Waals surface area contributed by atoms with Crippen molar-refractivity contribution in [1.82, 2.24) is 0 Å². The van der Waals surface area contributed by atoms with Gasteiger partial charge in [0.15, 0.2) is 11.6 Å². The van der Waals surface area contributed by atoms with Gasteiger partial charge >= 0.3 is 0 Å². The molecule has 0 atom stereocenters. The van der Waals surface area contributed by atoms with E-state index in [1.54, 1.807) is 0 Å². The van der Waals surface area contributed by atoms with Gasteiger partial charge in [-0.15, -0.1) is 0 Å². The summed E-state index contributed by atoms with van der Waals surface area (Å²) >= 11 is 0. The monoisotopic (exact) mass is 167 g/mol. The summed E-state index contributed by atoms with van der Waals surface area (Å²) < 4.78 is 25.9. The first kappa shape index (κ1) is 8.91. The molecule has 1 aromatic rings. The zero-order chi connectivity index (χ0) is 9.14. The Morgan fingerprint density at radius 1 is 1.33 bits per heavy atom. The van der Waals surface area contributed by atoms with Gasteiger partial charge in [0.25, 0.3) is 0 Å². The van der Waals surface area contributed by atoms with E-state index in [2.05, 4.69) is 4.99 Å². The second kappa shape index (κ2) is 3.47. The highest BCUT2D eigenvalue weighted by Gasteiger charge is 2.07. The van der Waals surface area contributed by atoms with Crippen LogP contribution in [0.1, 0.15) is 5.56 Å². The van der Waals surface area contributed by atoms with Crippen molar-refractivity contribution in [3.05, 3.63) is 29.3 Å². The zero-order valence-electron chi connectivity index (χ0n) is 6.94. The molecule has 62 valence electrons. The molecule has 0 radical (unpaired) electrons. The number of hydrogen-bond donors (Lipinski definition) is 0. The van der Waals surface area contributed by atoms with Crippen LogP contribution in [0.25, 0.3) is 0 Å². The highest BCUT2D eigenvalue weighted by Crippen LogP contribution is 2.06. The standard InChI is InChI=1S/C8H8BF2N/c1-12-4-5-2-3-6(9)8(11)7(5)10/h2-4H,9H2,1H3/b12-4+. The minimum atomic E-state index is -0.833. The summed E-state index contributed by atoms with van der Waals surface area (Å²) in [6, 6.07) is 3.02. The summed E-state index contributed by atoms with van der Waals surface area (Å²) in [6.07, 6.45) is 1.29. The van der Waals surface area contributed by atoms with Gasteiger partial charge in [-0.25, -0.2) is 8.78 Å². The number of hydrogen-bond acceptors (Lipinski definition) is 1. The molecule has 0 saturated carbocycles. The topological polar surface area (TPSA) is 12.4 Å². The molecule has 0 bridgehead atoms. The molecular weight excluding hydrogens is 159 g/mol. The fraction of sp³-hybridized carbons (Fsp3) is 0.125. The van der Waals surface area contributed by atoms with Gasteiger partial charge in [-0.3, -0.25) is 4.99 Å². The van der Waals surface area contributed by atoms with E-state index in [0.29, 0.717) is 5.46 Å². The maximum absolute atomic E-state index is 13.0. The summed E-state index contributed by atoms with van der Waals surface area (Å²) in [7, 11) is 3.03. The summed E-state index contributed by atoms with van der Waals surface area (Å²) in [5, 5.41) is 0. The van der Waals surface area contributed by atoms with Crippen LogP contribution in [0.2, 0.25) is 0 Å². The van der Waals surface area contributed by atoms with Crippen LogP contribution in [0.5, 0.6) is 0 Å². The first-order valence-corrected chi connectivity index (χ1v) is 3.53. The molecule has 0 aliphatic heterocycles. The zero-order valence-corrected chi connectivity index (χ0v) is 6.94. The number of aliphatic imine (C=N–C) groups is 1. The van der Waals surface area contributed by atoms with Gasteiger partial charge in [0, 0.05) is 18.8 Å². The van der Waals surface area contributed by atoms with Crippen molar-refractivity contribution in [2.24, 2.45) is 4.99 Å². The smallest absolute Gasteiger partial charge is 0.166 e. The fourth-order valence-corrected chi connectivity index (χ4v) is 0.900. The van der Waals surface area contributed by atoms with Crippen molar-refractivity contribution < 1.29 is 8.78 Å². The molecule has 0 aliphatic rings. The maximum Gasteiger partial charge on any atom is 0.166 e. The molecule has 1 nitrogen and oxygen atoms in total. The third-order valence-electron chi connectivity index (χ3n) is 1.57. The van der Waals surface area contributed by atoms with Crippen LogP contribution in [0.4, 0.5) is 8.78 Å². The average Bonchev–Trinajstić information content (AvgIpc) is 2.07. The predicted octanol–water partition coefficient (Wildman–Crippen LogP) is 0.272. The molecule has 0 aromatic heterocycles. The summed E-state index contributed by atoms with van der Waals surface area (Å²) in [6.45, 7) is 0. The molecule has 1 rings (SSSR count). The van der Waals surface area contributed by atoms with Crippen molar-refractivity contribution in [3.8, 4) is 0 Å². The molecule has 1 aromatic carbocycles. The van der Waals surface area contributed by atoms with Gasteiger partial charge in [-0.2, -0.15) is 0 Å². The summed E-state index contributed by atoms with van der Waals surface area (Å²) in [4.78, 5) is 3.61. The third-order valence-corrected chi connectivity index (χ3v) is 1.57. The second-order valence-electron chi connectivity index (χ2n) is 2.49. The Labute approximate surface area is 70.5 Å². The molecule has 0 N–H and O–H groups in total. The SMILES string of the molecule is Bc1ccc(/C=N/C)c(F)c1F. The lowest BCUT2D eigenvalue weighted by molar-refractivity contribution is 0.513. The van der Waals surface area contributed by atoms with Crippen molar-refractivity contribution in [3.63, 3.8) is 0 Å². The van der Waals surface area contributed by atoms with Crippen LogP contribution in [-0.4, -0.2) is 21.1 Å². The van der Waals surface area contributed by atoms with Crippen molar-refractivity contribution in [2.45, 2.75) is 0 Å². The molecule has 0 aliphatic carbocycles. The van der Waals surface area contributed by atoms with Gasteiger partial charge < -0.3 is 0 Å². The van der Waals surface area contributed by atoms with Crippen LogP contribution >= 0.6 is 0 Å². The highest BCUT2D eigenvalue weighted by molar-refractivity contribution is 6.32. The van der Waals surface area contributed by atoms with Crippen LogP contribution in [-0.2, 0) is 0 Å². The van der Waals surface area contributed by atoms with Crippen LogP contribution in [0.3, 0.4) is 0 Å². The van der Waals surface area contributed by atoms with E-state index in [-0.39, 0.29) is 5.56 Å². The predicted molar refractivity (Wildman–Crippen MR) is 48.1 cm³/mol. The summed E-state index contributed by atoms with van der Waals surface area (Å²) in [5.41, 5.74) is 0.487. The molecule has 0 spiro atoms. The Kier molecular flexibility index (Phi) is 2.58. The average molecular weight is 167 g/mol. The Balaban J connectivity index is 3.26. The van der Waals surface area contributed by atoms with Crippen LogP contribution in [0, 0.1) is 11.6 Å². The summed E-state index contributed by atoms with van der Waals surface area (Å²) in [5.74, 6) is -1.63. The lowest BCUT2D eigenvalue weighted by Gasteiger charge is -2.00. The fourth-order valence-electron chi connectivity index (χ4n) is 0.900. The Morgan fingerprint density at radius 3 is 2.58 bits per heavy atom. The van der Waals surface area contributed by atoms with E-state index in [9.17, 15) is 8.78 Å². The first-order chi connectivity index (χ1) is 5.66. The number of halogens is 2.